The van der Waals surface area contributed by atoms with Gasteiger partial charge in [-0.3, -0.25) is 0 Å². The van der Waals surface area contributed by atoms with Crippen molar-refractivity contribution in [2.24, 2.45) is 0 Å². The van der Waals surface area contributed by atoms with Crippen molar-refractivity contribution < 1.29 is 0 Å². The van der Waals surface area contributed by atoms with E-state index in [4.69, 9.17) is 0 Å². The van der Waals surface area contributed by atoms with E-state index >= 15 is 0 Å². The number of nitriles is 1. The molecule has 0 aliphatic rings. The molecule has 2 nitrogen and oxygen atoms in total. The Morgan fingerprint density at radius 1 is 0.952 bits per heavy atom. The first-order valence-corrected chi connectivity index (χ1v) is 10.7. The quantitative estimate of drug-likeness (QED) is 0.327. The van der Waals surface area contributed by atoms with Crippen molar-refractivity contribution in [3.8, 4) is 6.07 Å². The fourth-order valence-electron chi connectivity index (χ4n) is 1.94. The van der Waals surface area contributed by atoms with Gasteiger partial charge in [-0.05, 0) is 35.9 Å². The lowest BCUT2D eigenvalue weighted by Gasteiger charge is -2.00. The van der Waals surface area contributed by atoms with Crippen LogP contribution in [0.25, 0.3) is 0 Å². The number of rotatable bonds is 12. The zero-order chi connectivity index (χ0) is 15.3. The van der Waals surface area contributed by atoms with Gasteiger partial charge in [-0.15, -0.1) is 23.5 Å². The Kier molecular flexibility index (Phi) is 11.1. The SMILES string of the molecule is CCCCCCSc1nsc(SCCCCCC)c1C#N. The van der Waals surface area contributed by atoms with Crippen LogP contribution in [0.3, 0.4) is 0 Å². The van der Waals surface area contributed by atoms with Gasteiger partial charge < -0.3 is 0 Å². The van der Waals surface area contributed by atoms with Crippen molar-refractivity contribution in [2.45, 2.75) is 74.4 Å². The highest BCUT2D eigenvalue weighted by molar-refractivity contribution is 8.01. The monoisotopic (exact) mass is 342 g/mol. The van der Waals surface area contributed by atoms with Crippen molar-refractivity contribution in [1.82, 2.24) is 4.37 Å². The molecule has 0 amide bonds. The Bertz CT molecular complexity index is 392. The summed E-state index contributed by atoms with van der Waals surface area (Å²) in [5.41, 5.74) is 0.820. The second-order valence-corrected chi connectivity index (χ2v) is 8.30. The minimum absolute atomic E-state index is 0.820. The van der Waals surface area contributed by atoms with Crippen molar-refractivity contribution in [2.75, 3.05) is 11.5 Å². The minimum Gasteiger partial charge on any atom is -0.192 e. The molecule has 0 spiro atoms. The fraction of sp³-hybridized carbons (Fsp3) is 0.750. The molecular weight excluding hydrogens is 316 g/mol. The summed E-state index contributed by atoms with van der Waals surface area (Å²) in [4.78, 5) is 0. The normalized spacial score (nSPS) is 10.7. The van der Waals surface area contributed by atoms with Crippen molar-refractivity contribution in [3.63, 3.8) is 0 Å². The molecule has 5 heteroatoms. The lowest BCUT2D eigenvalue weighted by atomic mass is 10.2. The van der Waals surface area contributed by atoms with Crippen LogP contribution in [0.4, 0.5) is 0 Å². The van der Waals surface area contributed by atoms with Gasteiger partial charge in [-0.1, -0.05) is 52.4 Å². The van der Waals surface area contributed by atoms with Crippen molar-refractivity contribution in [1.29, 1.82) is 5.26 Å². The van der Waals surface area contributed by atoms with Crippen molar-refractivity contribution in [3.05, 3.63) is 5.56 Å². The van der Waals surface area contributed by atoms with Gasteiger partial charge in [0.2, 0.25) is 0 Å². The fourth-order valence-corrected chi connectivity index (χ4v) is 5.11. The van der Waals surface area contributed by atoms with Crippen LogP contribution in [0.1, 0.15) is 70.8 Å². The molecule has 0 aliphatic heterocycles. The van der Waals surface area contributed by atoms with Gasteiger partial charge >= 0.3 is 0 Å². The van der Waals surface area contributed by atoms with Gasteiger partial charge in [0.1, 0.15) is 16.7 Å². The number of hydrogen-bond donors (Lipinski definition) is 0. The molecule has 0 atom stereocenters. The van der Waals surface area contributed by atoms with E-state index in [1.807, 2.05) is 11.8 Å². The number of nitrogens with zero attached hydrogens (tertiary/aromatic N) is 2. The second-order valence-electron chi connectivity index (χ2n) is 5.08. The number of thioether (sulfide) groups is 2. The van der Waals surface area contributed by atoms with Crippen LogP contribution in [0.2, 0.25) is 0 Å². The summed E-state index contributed by atoms with van der Waals surface area (Å²) >= 11 is 5.07. The maximum absolute atomic E-state index is 9.36. The third-order valence-corrected chi connectivity index (χ3v) is 6.57. The summed E-state index contributed by atoms with van der Waals surface area (Å²) in [6.45, 7) is 4.46. The highest BCUT2D eigenvalue weighted by Crippen LogP contribution is 2.35. The van der Waals surface area contributed by atoms with E-state index in [-0.39, 0.29) is 0 Å². The Morgan fingerprint density at radius 2 is 1.57 bits per heavy atom. The molecule has 0 fully saturated rings. The third kappa shape index (κ3) is 7.58. The summed E-state index contributed by atoms with van der Waals surface area (Å²) in [6.07, 6.45) is 10.2. The Labute approximate surface area is 142 Å². The molecule has 1 rings (SSSR count). The minimum atomic E-state index is 0.820. The number of aromatic nitrogens is 1. The molecule has 21 heavy (non-hydrogen) atoms. The highest BCUT2D eigenvalue weighted by Gasteiger charge is 2.14. The second kappa shape index (κ2) is 12.4. The van der Waals surface area contributed by atoms with Gasteiger partial charge in [-0.2, -0.15) is 9.64 Å². The van der Waals surface area contributed by atoms with Crippen LogP contribution in [-0.4, -0.2) is 15.9 Å². The molecule has 0 radical (unpaired) electrons. The average Bonchev–Trinajstić information content (AvgIpc) is 2.89. The molecule has 118 valence electrons. The van der Waals surface area contributed by atoms with Crippen LogP contribution >= 0.6 is 35.1 Å². The zero-order valence-corrected chi connectivity index (χ0v) is 15.6. The molecule has 0 aromatic carbocycles. The molecule has 1 heterocycles. The summed E-state index contributed by atoms with van der Waals surface area (Å²) in [5.74, 6) is 2.19. The van der Waals surface area contributed by atoms with E-state index < -0.39 is 0 Å². The van der Waals surface area contributed by atoms with Crippen LogP contribution in [-0.2, 0) is 0 Å². The first-order valence-electron chi connectivity index (χ1n) is 7.98. The summed E-state index contributed by atoms with van der Waals surface area (Å²) < 4.78 is 5.60. The van der Waals surface area contributed by atoms with Crippen LogP contribution in [0.5, 0.6) is 0 Å². The number of hydrogen-bond acceptors (Lipinski definition) is 5. The molecule has 0 N–H and O–H groups in total. The molecule has 0 aliphatic carbocycles. The Morgan fingerprint density at radius 3 is 2.14 bits per heavy atom. The first-order chi connectivity index (χ1) is 10.3. The smallest absolute Gasteiger partial charge is 0.129 e. The van der Waals surface area contributed by atoms with Crippen molar-refractivity contribution >= 4 is 35.1 Å². The van der Waals surface area contributed by atoms with Gasteiger partial charge in [0.05, 0.1) is 4.21 Å². The van der Waals surface area contributed by atoms with E-state index in [1.165, 1.54) is 62.9 Å². The van der Waals surface area contributed by atoms with E-state index in [9.17, 15) is 5.26 Å². The maximum atomic E-state index is 9.36. The van der Waals surface area contributed by atoms with E-state index in [2.05, 4.69) is 24.3 Å². The largest absolute Gasteiger partial charge is 0.192 e. The van der Waals surface area contributed by atoms with Gasteiger partial charge in [-0.25, -0.2) is 0 Å². The van der Waals surface area contributed by atoms with Crippen LogP contribution in [0.15, 0.2) is 9.24 Å². The van der Waals surface area contributed by atoms with E-state index in [0.29, 0.717) is 0 Å². The average molecular weight is 343 g/mol. The van der Waals surface area contributed by atoms with E-state index in [1.54, 1.807) is 11.8 Å². The molecule has 1 aromatic rings. The van der Waals surface area contributed by atoms with Crippen LogP contribution in [0, 0.1) is 11.3 Å². The summed E-state index contributed by atoms with van der Waals surface area (Å²) in [7, 11) is 0. The standard InChI is InChI=1S/C16H26N2S3/c1-3-5-7-9-11-19-15-14(13-17)16(21-18-15)20-12-10-8-6-4-2/h3-12H2,1-2H3. The maximum Gasteiger partial charge on any atom is 0.129 e. The molecule has 0 saturated carbocycles. The summed E-state index contributed by atoms with van der Waals surface area (Å²) in [5, 5.41) is 10.3. The Hall–Kier alpha value is -0.180. The molecule has 0 unspecified atom stereocenters. The molecule has 0 bridgehead atoms. The van der Waals surface area contributed by atoms with Gasteiger partial charge in [0, 0.05) is 0 Å². The third-order valence-electron chi connectivity index (χ3n) is 3.21. The van der Waals surface area contributed by atoms with E-state index in [0.717, 1.165) is 26.3 Å². The topological polar surface area (TPSA) is 36.7 Å². The Balaban J connectivity index is 2.35. The highest BCUT2D eigenvalue weighted by atomic mass is 32.2. The summed E-state index contributed by atoms with van der Waals surface area (Å²) in [6, 6.07) is 2.35. The molecule has 0 saturated heterocycles. The zero-order valence-electron chi connectivity index (χ0n) is 13.2. The predicted molar refractivity (Wildman–Crippen MR) is 96.6 cm³/mol. The molecular formula is C16H26N2S3. The lowest BCUT2D eigenvalue weighted by molar-refractivity contribution is 0.706. The van der Waals surface area contributed by atoms with Crippen LogP contribution < -0.4 is 0 Å². The number of unbranched alkanes of at least 4 members (excludes halogenated alkanes) is 6. The van der Waals surface area contributed by atoms with Gasteiger partial charge in [0.25, 0.3) is 0 Å². The molecule has 1 aromatic heterocycles. The first kappa shape index (κ1) is 18.9. The van der Waals surface area contributed by atoms with Gasteiger partial charge in [0.15, 0.2) is 0 Å². The predicted octanol–water partition coefficient (Wildman–Crippen LogP) is 6.36. The lowest BCUT2D eigenvalue weighted by Crippen LogP contribution is -1.85.